The van der Waals surface area contributed by atoms with E-state index >= 15 is 0 Å². The Labute approximate surface area is 249 Å². The lowest BCUT2D eigenvalue weighted by Gasteiger charge is -2.25. The lowest BCUT2D eigenvalue weighted by Crippen LogP contribution is -2.57. The topological polar surface area (TPSA) is 211 Å². The van der Waals surface area contributed by atoms with Crippen LogP contribution >= 0.6 is 0 Å². The second-order valence-corrected chi connectivity index (χ2v) is 9.88. The number of rotatable bonds is 13. The van der Waals surface area contributed by atoms with E-state index in [1.165, 1.54) is 30.7 Å². The number of hydrogen-bond donors (Lipinski definition) is 7. The number of benzene rings is 2. The standard InChI is InChI=1S/C29H33N5O6.BH2O2/c1-18(2)14-24(29(39)40)34-27(37)22(15-19-6-4-3-5-7-19)32-26(36)23(16-20-8-10-21(35)11-9-20)33-28(38)25-17-30-12-13-31-25;2-1-3/h3-13,17-18,22-24,35H,14-16H2,1-2H3,(H,32,36)(H,33,38)(H,34,37)(H,39,40);2-3H/t22-,23-,24-;/m0./s1. The van der Waals surface area contributed by atoms with Crippen LogP contribution < -0.4 is 16.0 Å². The number of carbonyl (C=O) groups is 4. The van der Waals surface area contributed by atoms with Crippen molar-refractivity contribution in [2.75, 3.05) is 0 Å². The minimum absolute atomic E-state index is 0. The van der Waals surface area contributed by atoms with Crippen LogP contribution in [0.5, 0.6) is 5.75 Å². The van der Waals surface area contributed by atoms with Crippen molar-refractivity contribution in [3.8, 4) is 5.75 Å². The van der Waals surface area contributed by atoms with Crippen LogP contribution in [0.3, 0.4) is 0 Å². The van der Waals surface area contributed by atoms with Gasteiger partial charge in [-0.25, -0.2) is 9.78 Å². The first-order chi connectivity index (χ1) is 20.5. The van der Waals surface area contributed by atoms with Gasteiger partial charge in [0.2, 0.25) is 11.8 Å². The van der Waals surface area contributed by atoms with Crippen LogP contribution in [-0.2, 0) is 27.2 Å². The van der Waals surface area contributed by atoms with Crippen LogP contribution in [0.2, 0.25) is 0 Å². The number of amides is 3. The quantitative estimate of drug-likeness (QED) is 0.136. The summed E-state index contributed by atoms with van der Waals surface area (Å²) in [6, 6.07) is 11.7. The molecule has 0 bridgehead atoms. The number of carbonyl (C=O) groups excluding carboxylic acids is 3. The van der Waals surface area contributed by atoms with E-state index in [1.807, 2.05) is 19.9 Å². The van der Waals surface area contributed by atoms with Gasteiger partial charge in [0.25, 0.3) is 5.91 Å². The maximum Gasteiger partial charge on any atom is 0.482 e. The summed E-state index contributed by atoms with van der Waals surface area (Å²) < 4.78 is 0. The second-order valence-electron chi connectivity index (χ2n) is 9.88. The highest BCUT2D eigenvalue weighted by molar-refractivity contribution is 6.13. The molecule has 227 valence electrons. The molecule has 0 spiro atoms. The van der Waals surface area contributed by atoms with Gasteiger partial charge in [0.05, 0.1) is 6.20 Å². The number of aromatic nitrogens is 2. The SMILES string of the molecule is CC(C)C[C@H](NC(=O)[C@H](Cc1ccccc1)NC(=O)[C@H](Cc1ccc(O)cc1)NC(=O)c1cnccn1)C(=O)O.O[B]O. The van der Waals surface area contributed by atoms with Crippen LogP contribution in [0, 0.1) is 5.92 Å². The zero-order valence-corrected chi connectivity index (χ0v) is 23.8. The summed E-state index contributed by atoms with van der Waals surface area (Å²) in [6.07, 6.45) is 4.37. The van der Waals surface area contributed by atoms with Gasteiger partial charge in [-0.05, 0) is 35.6 Å². The molecule has 1 aromatic heterocycles. The summed E-state index contributed by atoms with van der Waals surface area (Å²) in [5, 5.41) is 41.2. The average Bonchev–Trinajstić information content (AvgIpc) is 2.98. The van der Waals surface area contributed by atoms with Gasteiger partial charge in [0.15, 0.2) is 0 Å². The van der Waals surface area contributed by atoms with Crippen molar-refractivity contribution in [2.24, 2.45) is 5.92 Å². The molecule has 0 aliphatic carbocycles. The van der Waals surface area contributed by atoms with E-state index in [2.05, 4.69) is 25.9 Å². The largest absolute Gasteiger partial charge is 0.508 e. The molecular weight excluding hydrogens is 557 g/mol. The summed E-state index contributed by atoms with van der Waals surface area (Å²) in [4.78, 5) is 59.4. The molecule has 43 heavy (non-hydrogen) atoms. The number of nitrogens with zero attached hydrogens (tertiary/aromatic N) is 2. The molecule has 3 amide bonds. The Morgan fingerprint density at radius 1 is 0.791 bits per heavy atom. The smallest absolute Gasteiger partial charge is 0.482 e. The first-order valence-corrected chi connectivity index (χ1v) is 13.4. The fourth-order valence-corrected chi connectivity index (χ4v) is 4.02. The molecule has 0 unspecified atom stereocenters. The molecule has 0 saturated carbocycles. The minimum atomic E-state index is -1.17. The van der Waals surface area contributed by atoms with E-state index in [4.69, 9.17) is 10.0 Å². The van der Waals surface area contributed by atoms with Gasteiger partial charge in [-0.1, -0.05) is 56.3 Å². The number of nitrogens with one attached hydrogen (secondary N) is 3. The molecule has 13 nitrogen and oxygen atoms in total. The molecule has 14 heteroatoms. The molecule has 7 N–H and O–H groups in total. The van der Waals surface area contributed by atoms with E-state index in [1.54, 1.807) is 36.4 Å². The van der Waals surface area contributed by atoms with Gasteiger partial charge >= 0.3 is 13.7 Å². The number of carboxylic acid groups (broad SMARTS) is 1. The van der Waals surface area contributed by atoms with E-state index in [9.17, 15) is 29.4 Å². The number of aromatic hydroxyl groups is 1. The zero-order valence-electron chi connectivity index (χ0n) is 23.8. The molecule has 2 aromatic carbocycles. The maximum absolute atomic E-state index is 13.6. The Bertz CT molecular complexity index is 1310. The monoisotopic (exact) mass is 592 g/mol. The fourth-order valence-electron chi connectivity index (χ4n) is 4.02. The summed E-state index contributed by atoms with van der Waals surface area (Å²) in [6.45, 7) is 3.69. The molecule has 3 rings (SSSR count). The molecule has 3 aromatic rings. The normalized spacial score (nSPS) is 12.5. The van der Waals surface area contributed by atoms with E-state index in [0.717, 1.165) is 5.56 Å². The van der Waals surface area contributed by atoms with Crippen LogP contribution in [0.4, 0.5) is 0 Å². The van der Waals surface area contributed by atoms with Crippen molar-refractivity contribution in [3.05, 3.63) is 90.0 Å². The van der Waals surface area contributed by atoms with Crippen molar-refractivity contribution < 1.29 is 39.4 Å². The highest BCUT2D eigenvalue weighted by Gasteiger charge is 2.30. The Hall–Kier alpha value is -4.82. The van der Waals surface area contributed by atoms with E-state index in [-0.39, 0.29) is 44.3 Å². The predicted molar refractivity (Wildman–Crippen MR) is 156 cm³/mol. The summed E-state index contributed by atoms with van der Waals surface area (Å²) >= 11 is 0. The van der Waals surface area contributed by atoms with E-state index < -0.39 is 41.8 Å². The third-order valence-corrected chi connectivity index (χ3v) is 6.03. The highest BCUT2D eigenvalue weighted by atomic mass is 16.4. The Morgan fingerprint density at radius 2 is 1.33 bits per heavy atom. The van der Waals surface area contributed by atoms with Crippen molar-refractivity contribution in [3.63, 3.8) is 0 Å². The third-order valence-electron chi connectivity index (χ3n) is 6.03. The molecular formula is C29H35BN5O8. The maximum atomic E-state index is 13.6. The van der Waals surface area contributed by atoms with Crippen molar-refractivity contribution >= 4 is 31.4 Å². The number of carboxylic acids is 1. The van der Waals surface area contributed by atoms with Crippen LogP contribution in [-0.4, -0.2) is 79.7 Å². The number of aliphatic carboxylic acids is 1. The Balaban J connectivity index is 0.00000206. The van der Waals surface area contributed by atoms with Gasteiger partial charge in [0, 0.05) is 25.2 Å². The van der Waals surface area contributed by atoms with Crippen molar-refractivity contribution in [1.82, 2.24) is 25.9 Å². The Morgan fingerprint density at radius 3 is 1.84 bits per heavy atom. The summed E-state index contributed by atoms with van der Waals surface area (Å²) in [5.74, 6) is -3.07. The molecule has 0 aliphatic rings. The van der Waals surface area contributed by atoms with E-state index in [0.29, 0.717) is 5.56 Å². The second kappa shape index (κ2) is 17.9. The number of phenolic OH excluding ortho intramolecular Hbond substituents is 1. The molecule has 1 heterocycles. The predicted octanol–water partition coefficient (Wildman–Crippen LogP) is 0.372. The molecule has 0 fully saturated rings. The molecule has 0 saturated heterocycles. The minimum Gasteiger partial charge on any atom is -0.508 e. The van der Waals surface area contributed by atoms with Gasteiger partial charge in [-0.2, -0.15) is 0 Å². The lowest BCUT2D eigenvalue weighted by molar-refractivity contribution is -0.142. The summed E-state index contributed by atoms with van der Waals surface area (Å²) in [7, 11) is 0. The summed E-state index contributed by atoms with van der Waals surface area (Å²) in [5.41, 5.74) is 1.39. The van der Waals surface area contributed by atoms with Gasteiger partial charge in [-0.3, -0.25) is 19.4 Å². The van der Waals surface area contributed by atoms with Crippen LogP contribution in [0.25, 0.3) is 0 Å². The highest BCUT2D eigenvalue weighted by Crippen LogP contribution is 2.13. The van der Waals surface area contributed by atoms with Crippen molar-refractivity contribution in [1.29, 1.82) is 0 Å². The number of phenols is 1. The zero-order chi connectivity index (χ0) is 31.8. The van der Waals surface area contributed by atoms with Gasteiger partial charge < -0.3 is 36.2 Å². The molecule has 3 atom stereocenters. The third kappa shape index (κ3) is 12.3. The lowest BCUT2D eigenvalue weighted by atomic mass is 10.0. The first-order valence-electron chi connectivity index (χ1n) is 13.4. The fraction of sp³-hybridized carbons (Fsp3) is 0.310. The van der Waals surface area contributed by atoms with Crippen molar-refractivity contribution in [2.45, 2.75) is 51.2 Å². The first kappa shape index (κ1) is 34.4. The Kier molecular flexibility index (Phi) is 14.3. The average molecular weight is 592 g/mol. The number of hydrogen-bond acceptors (Lipinski definition) is 9. The van der Waals surface area contributed by atoms with Crippen LogP contribution in [0.15, 0.2) is 73.2 Å². The van der Waals surface area contributed by atoms with Gasteiger partial charge in [-0.15, -0.1) is 0 Å². The molecule has 0 aliphatic heterocycles. The van der Waals surface area contributed by atoms with Gasteiger partial charge in [0.1, 0.15) is 29.6 Å². The molecule has 1 radical (unpaired) electrons. The van der Waals surface area contributed by atoms with Crippen LogP contribution in [0.1, 0.15) is 41.9 Å².